The molecular formula is C26H25N3O4. The molecule has 1 aromatic heterocycles. The minimum absolute atomic E-state index is 0.0556. The Hall–Kier alpha value is -3.87. The van der Waals surface area contributed by atoms with E-state index in [0.717, 1.165) is 63.8 Å². The number of furan rings is 1. The van der Waals surface area contributed by atoms with Gasteiger partial charge in [-0.2, -0.15) is 0 Å². The van der Waals surface area contributed by atoms with Gasteiger partial charge in [0.25, 0.3) is 11.8 Å². The van der Waals surface area contributed by atoms with Gasteiger partial charge in [-0.25, -0.2) is 4.79 Å². The van der Waals surface area contributed by atoms with E-state index in [1.807, 2.05) is 48.5 Å². The molecule has 0 radical (unpaired) electrons. The number of benzene rings is 1. The molecule has 2 aliphatic heterocycles. The van der Waals surface area contributed by atoms with Crippen molar-refractivity contribution in [2.45, 2.75) is 32.2 Å². The first-order chi connectivity index (χ1) is 16.0. The van der Waals surface area contributed by atoms with E-state index in [-0.39, 0.29) is 5.57 Å². The van der Waals surface area contributed by atoms with E-state index in [4.69, 9.17) is 4.42 Å². The highest BCUT2D eigenvalue weighted by Gasteiger charge is 2.42. The standard InChI is InChI=1S/C26H25N3O4/c1-27-24(30)23(25(31)28(2)26(27)32)20-15-22(17-9-4-3-5-10-17)29(16-18-11-8-14-33-18)21-13-7-6-12-19(20)21/h3-5,8-11,14-15H,6-7,12-13,16H2,1-2H3. The monoisotopic (exact) mass is 443 g/mol. The summed E-state index contributed by atoms with van der Waals surface area (Å²) in [5.74, 6) is -0.280. The maximum Gasteiger partial charge on any atom is 0.333 e. The van der Waals surface area contributed by atoms with E-state index >= 15 is 0 Å². The van der Waals surface area contributed by atoms with Crippen molar-refractivity contribution in [1.29, 1.82) is 0 Å². The minimum atomic E-state index is -0.616. The van der Waals surface area contributed by atoms with Gasteiger partial charge in [0.15, 0.2) is 0 Å². The van der Waals surface area contributed by atoms with Crippen molar-refractivity contribution in [2.24, 2.45) is 0 Å². The molecule has 1 aromatic carbocycles. The van der Waals surface area contributed by atoms with Crippen LogP contribution in [0, 0.1) is 0 Å². The van der Waals surface area contributed by atoms with Crippen molar-refractivity contribution < 1.29 is 18.8 Å². The number of hydrogen-bond acceptors (Lipinski definition) is 5. The summed E-state index contributed by atoms with van der Waals surface area (Å²) in [6.07, 6.45) is 7.21. The van der Waals surface area contributed by atoms with Crippen molar-refractivity contribution in [1.82, 2.24) is 14.7 Å². The van der Waals surface area contributed by atoms with Gasteiger partial charge < -0.3 is 9.32 Å². The highest BCUT2D eigenvalue weighted by molar-refractivity contribution is 6.29. The van der Waals surface area contributed by atoms with Gasteiger partial charge in [0.1, 0.15) is 11.3 Å². The molecule has 1 aliphatic carbocycles. The van der Waals surface area contributed by atoms with Gasteiger partial charge in [-0.1, -0.05) is 30.3 Å². The van der Waals surface area contributed by atoms with Crippen LogP contribution in [0.15, 0.2) is 81.6 Å². The van der Waals surface area contributed by atoms with Crippen LogP contribution in [0.1, 0.15) is 37.0 Å². The Balaban J connectivity index is 1.74. The number of carbonyl (C=O) groups excluding carboxylic acids is 3. The third kappa shape index (κ3) is 3.50. The second-order valence-corrected chi connectivity index (χ2v) is 8.49. The van der Waals surface area contributed by atoms with Gasteiger partial charge in [0.2, 0.25) is 0 Å². The van der Waals surface area contributed by atoms with Crippen LogP contribution in [0.25, 0.3) is 5.70 Å². The predicted molar refractivity (Wildman–Crippen MR) is 122 cm³/mol. The molecule has 0 saturated carbocycles. The number of rotatable bonds is 3. The van der Waals surface area contributed by atoms with E-state index in [9.17, 15) is 14.4 Å². The first-order valence-corrected chi connectivity index (χ1v) is 11.1. The van der Waals surface area contributed by atoms with Crippen LogP contribution in [0.5, 0.6) is 0 Å². The average molecular weight is 444 g/mol. The van der Waals surface area contributed by atoms with Crippen LogP contribution in [-0.4, -0.2) is 46.6 Å². The van der Waals surface area contributed by atoms with Gasteiger partial charge in [0, 0.05) is 25.5 Å². The predicted octanol–water partition coefficient (Wildman–Crippen LogP) is 4.31. The topological polar surface area (TPSA) is 74.1 Å². The maximum atomic E-state index is 13.2. The number of hydrogen-bond donors (Lipinski definition) is 0. The quantitative estimate of drug-likeness (QED) is 0.522. The Morgan fingerprint density at radius 3 is 2.24 bits per heavy atom. The van der Waals surface area contributed by atoms with Crippen LogP contribution in [-0.2, 0) is 16.1 Å². The molecule has 5 rings (SSSR count). The van der Waals surface area contributed by atoms with E-state index in [2.05, 4.69) is 4.90 Å². The Kier molecular flexibility index (Phi) is 5.24. The van der Waals surface area contributed by atoms with Crippen LogP contribution in [0.3, 0.4) is 0 Å². The molecule has 1 saturated heterocycles. The second kappa shape index (κ2) is 8.24. The Bertz CT molecular complexity index is 1200. The highest BCUT2D eigenvalue weighted by Crippen LogP contribution is 2.44. The molecule has 33 heavy (non-hydrogen) atoms. The van der Waals surface area contributed by atoms with Gasteiger partial charge in [-0.3, -0.25) is 19.4 Å². The Labute approximate surface area is 192 Å². The number of barbiturate groups is 1. The molecule has 3 heterocycles. The molecule has 7 nitrogen and oxygen atoms in total. The smallest absolute Gasteiger partial charge is 0.333 e. The summed E-state index contributed by atoms with van der Waals surface area (Å²) in [4.78, 5) is 42.9. The zero-order valence-corrected chi connectivity index (χ0v) is 18.7. The van der Waals surface area contributed by atoms with E-state index in [1.54, 1.807) is 6.26 Å². The van der Waals surface area contributed by atoms with Crippen LogP contribution in [0.4, 0.5) is 4.79 Å². The van der Waals surface area contributed by atoms with Gasteiger partial charge >= 0.3 is 6.03 Å². The molecule has 0 atom stereocenters. The van der Waals surface area contributed by atoms with Crippen LogP contribution >= 0.6 is 0 Å². The number of nitrogens with zero attached hydrogens (tertiary/aromatic N) is 3. The summed E-state index contributed by atoms with van der Waals surface area (Å²) in [7, 11) is 2.83. The van der Waals surface area contributed by atoms with E-state index in [0.29, 0.717) is 12.1 Å². The zero-order valence-electron chi connectivity index (χ0n) is 18.7. The van der Waals surface area contributed by atoms with Gasteiger partial charge in [0.05, 0.1) is 12.8 Å². The fraction of sp³-hybridized carbons (Fsp3) is 0.269. The molecule has 3 aliphatic rings. The molecular weight excluding hydrogens is 418 g/mol. The maximum absolute atomic E-state index is 13.2. The molecule has 0 spiro atoms. The molecule has 0 unspecified atom stereocenters. The number of imide groups is 2. The summed E-state index contributed by atoms with van der Waals surface area (Å²) in [5, 5.41) is 0. The van der Waals surface area contributed by atoms with Gasteiger partial charge in [-0.05, 0) is 60.6 Å². The Morgan fingerprint density at radius 1 is 0.879 bits per heavy atom. The fourth-order valence-corrected chi connectivity index (χ4v) is 4.79. The van der Waals surface area contributed by atoms with Gasteiger partial charge in [-0.15, -0.1) is 0 Å². The van der Waals surface area contributed by atoms with Crippen molar-refractivity contribution in [3.63, 3.8) is 0 Å². The lowest BCUT2D eigenvalue weighted by Crippen LogP contribution is -2.53. The lowest BCUT2D eigenvalue weighted by Gasteiger charge is -2.39. The van der Waals surface area contributed by atoms with E-state index in [1.165, 1.54) is 14.1 Å². The van der Waals surface area contributed by atoms with Crippen molar-refractivity contribution in [2.75, 3.05) is 14.1 Å². The SMILES string of the molecule is CN1C(=O)C(=C2C=C(c3ccccc3)N(Cc3ccco3)C3=C2CCCC3)C(=O)N(C)C1=O. The number of urea groups is 1. The lowest BCUT2D eigenvalue weighted by molar-refractivity contribution is -0.134. The highest BCUT2D eigenvalue weighted by atomic mass is 16.3. The minimum Gasteiger partial charge on any atom is -0.467 e. The molecule has 168 valence electrons. The molecule has 1 fully saturated rings. The first-order valence-electron chi connectivity index (χ1n) is 11.1. The normalized spacial score (nSPS) is 19.4. The number of amides is 4. The average Bonchev–Trinajstić information content (AvgIpc) is 3.36. The number of likely N-dealkylation sites (N-methyl/N-ethyl adjacent to an activating group) is 2. The van der Waals surface area contributed by atoms with E-state index < -0.39 is 17.8 Å². The van der Waals surface area contributed by atoms with Crippen molar-refractivity contribution in [3.8, 4) is 0 Å². The molecule has 4 amide bonds. The molecule has 7 heteroatoms. The van der Waals surface area contributed by atoms with Crippen molar-refractivity contribution in [3.05, 3.63) is 88.5 Å². The number of carbonyl (C=O) groups is 3. The Morgan fingerprint density at radius 2 is 1.58 bits per heavy atom. The van der Waals surface area contributed by atoms with Crippen LogP contribution in [0.2, 0.25) is 0 Å². The molecule has 2 aromatic rings. The second-order valence-electron chi connectivity index (χ2n) is 8.49. The lowest BCUT2D eigenvalue weighted by atomic mass is 9.82. The number of allylic oxidation sites excluding steroid dienone is 4. The summed E-state index contributed by atoms with van der Waals surface area (Å²) < 4.78 is 5.65. The summed E-state index contributed by atoms with van der Waals surface area (Å²) >= 11 is 0. The summed E-state index contributed by atoms with van der Waals surface area (Å²) in [6.45, 7) is 0.551. The summed E-state index contributed by atoms with van der Waals surface area (Å²) in [6, 6.07) is 13.1. The van der Waals surface area contributed by atoms with Crippen LogP contribution < -0.4 is 0 Å². The molecule has 0 bridgehead atoms. The zero-order chi connectivity index (χ0) is 23.1. The third-order valence-electron chi connectivity index (χ3n) is 6.51. The third-order valence-corrected chi connectivity index (χ3v) is 6.51. The largest absolute Gasteiger partial charge is 0.467 e. The first kappa shape index (κ1) is 21.0. The molecule has 0 N–H and O–H groups in total. The summed E-state index contributed by atoms with van der Waals surface area (Å²) in [5.41, 5.74) is 4.66. The fourth-order valence-electron chi connectivity index (χ4n) is 4.79. The van der Waals surface area contributed by atoms with Crippen molar-refractivity contribution >= 4 is 23.5 Å².